The van der Waals surface area contributed by atoms with Gasteiger partial charge in [0.1, 0.15) is 0 Å². The molecule has 0 aliphatic heterocycles. The van der Waals surface area contributed by atoms with Gasteiger partial charge >= 0.3 is 0 Å². The number of hydrogen-bond donors (Lipinski definition) is 1. The van der Waals surface area contributed by atoms with Gasteiger partial charge < -0.3 is 5.73 Å². The Kier molecular flexibility index (Phi) is 5.91. The summed E-state index contributed by atoms with van der Waals surface area (Å²) in [4.78, 5) is 0. The van der Waals surface area contributed by atoms with Crippen LogP contribution in [-0.4, -0.2) is 6.04 Å². The van der Waals surface area contributed by atoms with Crippen molar-refractivity contribution in [2.24, 2.45) is 5.73 Å². The lowest BCUT2D eigenvalue weighted by Crippen LogP contribution is -2.24. The molecule has 0 bridgehead atoms. The van der Waals surface area contributed by atoms with Crippen LogP contribution in [-0.2, 0) is 6.42 Å². The molecule has 0 spiro atoms. The van der Waals surface area contributed by atoms with Gasteiger partial charge in [-0.15, -0.1) is 0 Å². The fourth-order valence-electron chi connectivity index (χ4n) is 3.42. The van der Waals surface area contributed by atoms with Gasteiger partial charge in [-0.3, -0.25) is 0 Å². The summed E-state index contributed by atoms with van der Waals surface area (Å²) in [6.07, 6.45) is 11.7. The highest BCUT2D eigenvalue weighted by atomic mass is 14.6. The zero-order valence-corrected chi connectivity index (χ0v) is 12.4. The summed E-state index contributed by atoms with van der Waals surface area (Å²) in [6.45, 7) is 2.26. The van der Waals surface area contributed by atoms with Crippen molar-refractivity contribution in [2.45, 2.75) is 76.7 Å². The normalized spacial score (nSPS) is 20.0. The number of aryl methyl sites for hydroxylation is 1. The SMILES string of the molecule is CCCCCCC(N)CC1CCCc2ccccc21. The Balaban J connectivity index is 1.83. The zero-order valence-electron chi connectivity index (χ0n) is 12.4. The second-order valence-electron chi connectivity index (χ2n) is 6.13. The Labute approximate surface area is 118 Å². The van der Waals surface area contributed by atoms with Crippen molar-refractivity contribution >= 4 is 0 Å². The van der Waals surface area contributed by atoms with E-state index in [0.29, 0.717) is 12.0 Å². The highest BCUT2D eigenvalue weighted by Crippen LogP contribution is 2.34. The summed E-state index contributed by atoms with van der Waals surface area (Å²) >= 11 is 0. The first-order valence-electron chi connectivity index (χ1n) is 8.14. The first-order chi connectivity index (χ1) is 9.31. The number of rotatable bonds is 7. The van der Waals surface area contributed by atoms with Gasteiger partial charge in [0.15, 0.2) is 0 Å². The largest absolute Gasteiger partial charge is 0.328 e. The fraction of sp³-hybridized carbons (Fsp3) is 0.667. The summed E-state index contributed by atoms with van der Waals surface area (Å²) in [5.74, 6) is 0.714. The molecule has 0 radical (unpaired) electrons. The summed E-state index contributed by atoms with van der Waals surface area (Å²) in [5.41, 5.74) is 9.49. The molecular weight excluding hydrogens is 230 g/mol. The first kappa shape index (κ1) is 14.6. The van der Waals surface area contributed by atoms with Gasteiger partial charge in [0, 0.05) is 6.04 Å². The lowest BCUT2D eigenvalue weighted by molar-refractivity contribution is 0.439. The van der Waals surface area contributed by atoms with Gasteiger partial charge in [0.05, 0.1) is 0 Å². The van der Waals surface area contributed by atoms with Gasteiger partial charge in [-0.05, 0) is 49.1 Å². The van der Waals surface area contributed by atoms with Crippen molar-refractivity contribution in [1.29, 1.82) is 0 Å². The molecule has 0 saturated heterocycles. The van der Waals surface area contributed by atoms with Crippen LogP contribution < -0.4 is 5.73 Å². The van der Waals surface area contributed by atoms with E-state index in [4.69, 9.17) is 5.73 Å². The minimum atomic E-state index is 0.396. The molecule has 2 rings (SSSR count). The van der Waals surface area contributed by atoms with Crippen LogP contribution in [0.1, 0.15) is 75.3 Å². The molecule has 1 nitrogen and oxygen atoms in total. The predicted molar refractivity (Wildman–Crippen MR) is 83.5 cm³/mol. The van der Waals surface area contributed by atoms with E-state index in [-0.39, 0.29) is 0 Å². The quantitative estimate of drug-likeness (QED) is 0.700. The molecule has 0 heterocycles. The van der Waals surface area contributed by atoms with Crippen LogP contribution >= 0.6 is 0 Å². The third-order valence-corrected chi connectivity index (χ3v) is 4.51. The molecule has 19 heavy (non-hydrogen) atoms. The number of fused-ring (bicyclic) bond motifs is 1. The highest BCUT2D eigenvalue weighted by Gasteiger charge is 2.21. The maximum atomic E-state index is 6.34. The average molecular weight is 259 g/mol. The second-order valence-corrected chi connectivity index (χ2v) is 6.13. The standard InChI is InChI=1S/C18H29N/c1-2-3-4-5-12-17(19)14-16-11-8-10-15-9-6-7-13-18(15)16/h6-7,9,13,16-17H,2-5,8,10-12,14,19H2,1H3. The van der Waals surface area contributed by atoms with Gasteiger partial charge in [0.25, 0.3) is 0 Å². The minimum Gasteiger partial charge on any atom is -0.328 e. The van der Waals surface area contributed by atoms with E-state index in [1.54, 1.807) is 11.1 Å². The molecule has 1 heteroatoms. The van der Waals surface area contributed by atoms with Crippen molar-refractivity contribution in [3.63, 3.8) is 0 Å². The monoisotopic (exact) mass is 259 g/mol. The van der Waals surface area contributed by atoms with E-state index < -0.39 is 0 Å². The number of nitrogens with two attached hydrogens (primary N) is 1. The predicted octanol–water partition coefficient (Wildman–Crippen LogP) is 4.79. The molecule has 2 N–H and O–H groups in total. The lowest BCUT2D eigenvalue weighted by Gasteiger charge is -2.27. The Morgan fingerprint density at radius 3 is 2.89 bits per heavy atom. The maximum Gasteiger partial charge on any atom is 0.00446 e. The second kappa shape index (κ2) is 7.69. The van der Waals surface area contributed by atoms with E-state index in [1.807, 2.05) is 0 Å². The Hall–Kier alpha value is -0.820. The number of unbranched alkanes of at least 4 members (excludes halogenated alkanes) is 3. The summed E-state index contributed by atoms with van der Waals surface area (Å²) in [7, 11) is 0. The van der Waals surface area contributed by atoms with E-state index in [1.165, 1.54) is 57.8 Å². The van der Waals surface area contributed by atoms with Crippen LogP contribution in [0, 0.1) is 0 Å². The average Bonchev–Trinajstić information content (AvgIpc) is 2.44. The van der Waals surface area contributed by atoms with E-state index in [0.717, 1.165) is 0 Å². The summed E-state index contributed by atoms with van der Waals surface area (Å²) < 4.78 is 0. The van der Waals surface area contributed by atoms with Gasteiger partial charge in [0.2, 0.25) is 0 Å². The summed E-state index contributed by atoms with van der Waals surface area (Å²) in [5, 5.41) is 0. The number of hydrogen-bond acceptors (Lipinski definition) is 1. The zero-order chi connectivity index (χ0) is 13.5. The summed E-state index contributed by atoms with van der Waals surface area (Å²) in [6, 6.07) is 9.38. The first-order valence-corrected chi connectivity index (χ1v) is 8.14. The Morgan fingerprint density at radius 1 is 1.21 bits per heavy atom. The molecule has 0 amide bonds. The van der Waals surface area contributed by atoms with Crippen molar-refractivity contribution in [3.05, 3.63) is 35.4 Å². The highest BCUT2D eigenvalue weighted by molar-refractivity contribution is 5.32. The van der Waals surface area contributed by atoms with Crippen molar-refractivity contribution in [3.8, 4) is 0 Å². The minimum absolute atomic E-state index is 0.396. The molecule has 0 fully saturated rings. The fourth-order valence-corrected chi connectivity index (χ4v) is 3.42. The third kappa shape index (κ3) is 4.35. The smallest absolute Gasteiger partial charge is 0.00446 e. The van der Waals surface area contributed by atoms with Crippen LogP contribution in [0.25, 0.3) is 0 Å². The lowest BCUT2D eigenvalue weighted by atomic mass is 9.79. The molecule has 1 aromatic rings. The molecular formula is C18H29N. The van der Waals surface area contributed by atoms with Crippen LogP contribution in [0.2, 0.25) is 0 Å². The van der Waals surface area contributed by atoms with E-state index in [2.05, 4.69) is 31.2 Å². The Bertz CT molecular complexity index is 372. The van der Waals surface area contributed by atoms with Crippen LogP contribution in [0.5, 0.6) is 0 Å². The maximum absolute atomic E-state index is 6.34. The third-order valence-electron chi connectivity index (χ3n) is 4.51. The molecule has 1 aliphatic carbocycles. The Morgan fingerprint density at radius 2 is 2.05 bits per heavy atom. The van der Waals surface area contributed by atoms with Crippen molar-refractivity contribution < 1.29 is 0 Å². The molecule has 0 saturated carbocycles. The van der Waals surface area contributed by atoms with Crippen molar-refractivity contribution in [2.75, 3.05) is 0 Å². The molecule has 0 aromatic heterocycles. The van der Waals surface area contributed by atoms with Crippen LogP contribution in [0.15, 0.2) is 24.3 Å². The molecule has 2 atom stereocenters. The topological polar surface area (TPSA) is 26.0 Å². The van der Waals surface area contributed by atoms with Crippen LogP contribution in [0.4, 0.5) is 0 Å². The van der Waals surface area contributed by atoms with Crippen LogP contribution in [0.3, 0.4) is 0 Å². The molecule has 106 valence electrons. The van der Waals surface area contributed by atoms with E-state index >= 15 is 0 Å². The number of benzene rings is 1. The van der Waals surface area contributed by atoms with Gasteiger partial charge in [-0.1, -0.05) is 56.9 Å². The van der Waals surface area contributed by atoms with Crippen molar-refractivity contribution in [1.82, 2.24) is 0 Å². The van der Waals surface area contributed by atoms with Gasteiger partial charge in [-0.25, -0.2) is 0 Å². The molecule has 2 unspecified atom stereocenters. The molecule has 1 aliphatic rings. The van der Waals surface area contributed by atoms with E-state index in [9.17, 15) is 0 Å². The molecule has 1 aromatic carbocycles. The van der Waals surface area contributed by atoms with Gasteiger partial charge in [-0.2, -0.15) is 0 Å².